The number of nitriles is 1. The molecule has 0 bridgehead atoms. The lowest BCUT2D eigenvalue weighted by Gasteiger charge is -2.34. The van der Waals surface area contributed by atoms with E-state index >= 15 is 0 Å². The molecule has 0 aromatic carbocycles. The fourth-order valence-electron chi connectivity index (χ4n) is 2.92. The third-order valence-electron chi connectivity index (χ3n) is 3.35. The molecule has 0 amide bonds. The van der Waals surface area contributed by atoms with Crippen LogP contribution in [0.4, 0.5) is 0 Å². The molecular formula is C11H20N2OSi. The number of fused-ring (bicyclic) bond motifs is 1. The maximum absolute atomic E-state index is 9.45. The summed E-state index contributed by atoms with van der Waals surface area (Å²) in [5, 5.41) is 9.45. The minimum atomic E-state index is -1.62. The van der Waals surface area contributed by atoms with Crippen molar-refractivity contribution in [2.75, 3.05) is 13.1 Å². The first-order valence-corrected chi connectivity index (χ1v) is 9.23. The predicted molar refractivity (Wildman–Crippen MR) is 62.0 cm³/mol. The van der Waals surface area contributed by atoms with Gasteiger partial charge in [0.1, 0.15) is 0 Å². The van der Waals surface area contributed by atoms with Crippen LogP contribution in [0.1, 0.15) is 19.3 Å². The van der Waals surface area contributed by atoms with Gasteiger partial charge in [-0.3, -0.25) is 4.90 Å². The van der Waals surface area contributed by atoms with Gasteiger partial charge in [-0.15, -0.1) is 0 Å². The molecule has 0 aromatic rings. The molecule has 84 valence electrons. The van der Waals surface area contributed by atoms with Crippen LogP contribution < -0.4 is 0 Å². The van der Waals surface area contributed by atoms with Crippen LogP contribution in [0.3, 0.4) is 0 Å². The maximum Gasteiger partial charge on any atom is 0.185 e. The van der Waals surface area contributed by atoms with Crippen LogP contribution in [-0.2, 0) is 4.43 Å². The average Bonchev–Trinajstić information content (AvgIpc) is 2.67. The van der Waals surface area contributed by atoms with Crippen molar-refractivity contribution in [3.05, 3.63) is 0 Å². The Morgan fingerprint density at radius 1 is 1.40 bits per heavy atom. The van der Waals surface area contributed by atoms with Crippen molar-refractivity contribution in [1.82, 2.24) is 4.90 Å². The fraction of sp³-hybridized carbons (Fsp3) is 0.909. The van der Waals surface area contributed by atoms with Gasteiger partial charge in [-0.25, -0.2) is 0 Å². The minimum absolute atomic E-state index is 0.370. The maximum atomic E-state index is 9.45. The average molecular weight is 224 g/mol. The Morgan fingerprint density at radius 3 is 2.73 bits per heavy atom. The van der Waals surface area contributed by atoms with Crippen LogP contribution in [0.5, 0.6) is 0 Å². The van der Waals surface area contributed by atoms with E-state index < -0.39 is 13.9 Å². The lowest BCUT2D eigenvalue weighted by atomic mass is 9.95. The molecule has 0 N–H and O–H groups in total. The second-order valence-electron chi connectivity index (χ2n) is 5.66. The fourth-order valence-corrected chi connectivity index (χ4v) is 4.29. The second kappa shape index (κ2) is 3.58. The Morgan fingerprint density at radius 2 is 2.13 bits per heavy atom. The normalized spacial score (nSPS) is 36.5. The van der Waals surface area contributed by atoms with Crippen LogP contribution in [0, 0.1) is 11.3 Å². The molecule has 2 atom stereocenters. The van der Waals surface area contributed by atoms with Crippen LogP contribution in [0.15, 0.2) is 0 Å². The Balaban J connectivity index is 2.19. The highest BCUT2D eigenvalue weighted by Crippen LogP contribution is 2.39. The zero-order valence-electron chi connectivity index (χ0n) is 9.92. The van der Waals surface area contributed by atoms with Gasteiger partial charge in [-0.1, -0.05) is 0 Å². The summed E-state index contributed by atoms with van der Waals surface area (Å²) in [4.78, 5) is 2.43. The molecule has 2 fully saturated rings. The second-order valence-corrected chi connectivity index (χ2v) is 10.1. The van der Waals surface area contributed by atoms with Gasteiger partial charge in [0.2, 0.25) is 0 Å². The lowest BCUT2D eigenvalue weighted by Crippen LogP contribution is -2.48. The largest absolute Gasteiger partial charge is 0.399 e. The van der Waals surface area contributed by atoms with Crippen LogP contribution in [0.25, 0.3) is 0 Å². The summed E-state index contributed by atoms with van der Waals surface area (Å²) in [6.07, 6.45) is 3.26. The topological polar surface area (TPSA) is 36.3 Å². The standard InChI is InChI=1S/C11H20N2OSi/c1-15(2,3)14-11(9-12)6-8-13-7-4-5-10(11)13/h10H,4-8H2,1-3H3. The van der Waals surface area contributed by atoms with Crippen molar-refractivity contribution in [2.24, 2.45) is 0 Å². The highest BCUT2D eigenvalue weighted by Gasteiger charge is 2.52. The monoisotopic (exact) mass is 224 g/mol. The molecule has 4 heteroatoms. The number of hydrogen-bond donors (Lipinski definition) is 0. The summed E-state index contributed by atoms with van der Waals surface area (Å²) in [7, 11) is -1.62. The van der Waals surface area contributed by atoms with E-state index in [9.17, 15) is 5.26 Å². The Labute approximate surface area is 93.1 Å². The van der Waals surface area contributed by atoms with E-state index in [4.69, 9.17) is 4.43 Å². The molecule has 2 rings (SSSR count). The zero-order chi connectivity index (χ0) is 11.1. The van der Waals surface area contributed by atoms with Crippen molar-refractivity contribution in [3.8, 4) is 6.07 Å². The van der Waals surface area contributed by atoms with E-state index in [1.165, 1.54) is 6.42 Å². The van der Waals surface area contributed by atoms with Crippen molar-refractivity contribution in [2.45, 2.75) is 50.5 Å². The first-order chi connectivity index (χ1) is 6.97. The molecule has 2 saturated heterocycles. The SMILES string of the molecule is C[Si](C)(C)OC1(C#N)CCN2CCCC21. The number of nitrogens with zero attached hydrogens (tertiary/aromatic N) is 2. The van der Waals surface area contributed by atoms with Gasteiger partial charge in [-0.2, -0.15) is 5.26 Å². The van der Waals surface area contributed by atoms with E-state index in [1.54, 1.807) is 0 Å². The van der Waals surface area contributed by atoms with E-state index in [1.807, 2.05) is 0 Å². The molecule has 15 heavy (non-hydrogen) atoms. The summed E-state index contributed by atoms with van der Waals surface area (Å²) in [6, 6.07) is 2.85. The Hall–Kier alpha value is -0.373. The first-order valence-electron chi connectivity index (χ1n) is 5.82. The van der Waals surface area contributed by atoms with Crippen LogP contribution in [0.2, 0.25) is 19.6 Å². The molecule has 2 unspecified atom stereocenters. The van der Waals surface area contributed by atoms with Gasteiger partial charge in [-0.05, 0) is 39.0 Å². The molecule has 0 aliphatic carbocycles. The third kappa shape index (κ3) is 1.96. The molecule has 0 spiro atoms. The molecule has 0 saturated carbocycles. The highest BCUT2D eigenvalue weighted by atomic mass is 28.4. The minimum Gasteiger partial charge on any atom is -0.399 e. The third-order valence-corrected chi connectivity index (χ3v) is 4.33. The van der Waals surface area contributed by atoms with Crippen molar-refractivity contribution >= 4 is 8.32 Å². The summed E-state index contributed by atoms with van der Waals surface area (Å²) in [5.74, 6) is 0. The molecule has 0 radical (unpaired) electrons. The Bertz CT molecular complexity index is 294. The molecule has 2 heterocycles. The molecule has 3 nitrogen and oxygen atoms in total. The van der Waals surface area contributed by atoms with Crippen molar-refractivity contribution < 1.29 is 4.43 Å². The number of rotatable bonds is 2. The quantitative estimate of drug-likeness (QED) is 0.673. The van der Waals surface area contributed by atoms with Crippen LogP contribution in [-0.4, -0.2) is 37.9 Å². The predicted octanol–water partition coefficient (Wildman–Crippen LogP) is 1.97. The highest BCUT2D eigenvalue weighted by molar-refractivity contribution is 6.69. The van der Waals surface area contributed by atoms with Crippen molar-refractivity contribution in [1.29, 1.82) is 5.26 Å². The van der Waals surface area contributed by atoms with Gasteiger partial charge in [0.15, 0.2) is 13.9 Å². The molecule has 0 aromatic heterocycles. The van der Waals surface area contributed by atoms with E-state index in [2.05, 4.69) is 30.6 Å². The van der Waals surface area contributed by atoms with E-state index in [0.717, 1.165) is 25.9 Å². The number of hydrogen-bond acceptors (Lipinski definition) is 3. The van der Waals surface area contributed by atoms with Crippen LogP contribution >= 0.6 is 0 Å². The van der Waals surface area contributed by atoms with E-state index in [0.29, 0.717) is 6.04 Å². The Kier molecular flexibility index (Phi) is 2.66. The summed E-state index contributed by atoms with van der Waals surface area (Å²) in [6.45, 7) is 8.71. The van der Waals surface area contributed by atoms with E-state index in [-0.39, 0.29) is 0 Å². The van der Waals surface area contributed by atoms with Crippen molar-refractivity contribution in [3.63, 3.8) is 0 Å². The summed E-state index contributed by atoms with van der Waals surface area (Å²) >= 11 is 0. The van der Waals surface area contributed by atoms with Gasteiger partial charge in [0.05, 0.1) is 12.1 Å². The summed E-state index contributed by atoms with van der Waals surface area (Å²) < 4.78 is 6.19. The zero-order valence-corrected chi connectivity index (χ0v) is 10.9. The smallest absolute Gasteiger partial charge is 0.185 e. The summed E-state index contributed by atoms with van der Waals surface area (Å²) in [5.41, 5.74) is -0.485. The van der Waals surface area contributed by atoms with Gasteiger partial charge < -0.3 is 4.43 Å². The lowest BCUT2D eigenvalue weighted by molar-refractivity contribution is 0.0859. The van der Waals surface area contributed by atoms with Gasteiger partial charge in [0, 0.05) is 13.0 Å². The molecular weight excluding hydrogens is 204 g/mol. The first kappa shape index (κ1) is 11.1. The molecule has 2 aliphatic heterocycles. The molecule has 2 aliphatic rings. The van der Waals surface area contributed by atoms with Gasteiger partial charge in [0.25, 0.3) is 0 Å². The van der Waals surface area contributed by atoms with Gasteiger partial charge >= 0.3 is 0 Å².